The maximum Gasteiger partial charge on any atom is 0.144 e. The Morgan fingerprint density at radius 1 is 1.40 bits per heavy atom. The Morgan fingerprint density at radius 3 is 2.90 bits per heavy atom. The van der Waals surface area contributed by atoms with Gasteiger partial charge in [-0.15, -0.1) is 0 Å². The number of morpholine rings is 1. The molecule has 2 unspecified atom stereocenters. The SMILES string of the molecule is CCCOc1cccc(N2CC(C)OCC2CC)c1N. The largest absolute Gasteiger partial charge is 0.491 e. The summed E-state index contributed by atoms with van der Waals surface area (Å²) < 4.78 is 11.5. The molecular formula is C16H26N2O2. The van der Waals surface area contributed by atoms with Gasteiger partial charge in [-0.2, -0.15) is 0 Å². The number of rotatable bonds is 5. The molecule has 4 heteroatoms. The molecule has 1 heterocycles. The van der Waals surface area contributed by atoms with Crippen molar-refractivity contribution in [3.05, 3.63) is 18.2 Å². The Hall–Kier alpha value is -1.42. The van der Waals surface area contributed by atoms with E-state index in [1.807, 2.05) is 12.1 Å². The van der Waals surface area contributed by atoms with E-state index in [1.165, 1.54) is 0 Å². The van der Waals surface area contributed by atoms with E-state index in [0.717, 1.165) is 43.1 Å². The minimum Gasteiger partial charge on any atom is -0.491 e. The zero-order valence-electron chi connectivity index (χ0n) is 12.8. The van der Waals surface area contributed by atoms with Crippen LogP contribution in [-0.2, 0) is 4.74 Å². The minimum atomic E-state index is 0.234. The number of nitrogens with zero attached hydrogens (tertiary/aromatic N) is 1. The van der Waals surface area contributed by atoms with Crippen molar-refractivity contribution in [1.29, 1.82) is 0 Å². The first-order chi connectivity index (χ1) is 9.67. The van der Waals surface area contributed by atoms with Gasteiger partial charge >= 0.3 is 0 Å². The summed E-state index contributed by atoms with van der Waals surface area (Å²) in [6.07, 6.45) is 2.26. The zero-order valence-corrected chi connectivity index (χ0v) is 12.8. The molecule has 0 bridgehead atoms. The fourth-order valence-corrected chi connectivity index (χ4v) is 2.60. The molecule has 2 atom stereocenters. The molecule has 4 nitrogen and oxygen atoms in total. The lowest BCUT2D eigenvalue weighted by Gasteiger charge is -2.40. The predicted octanol–water partition coefficient (Wildman–Crippen LogP) is 3.06. The van der Waals surface area contributed by atoms with E-state index in [9.17, 15) is 0 Å². The fraction of sp³-hybridized carbons (Fsp3) is 0.625. The van der Waals surface area contributed by atoms with Crippen LogP contribution in [0.2, 0.25) is 0 Å². The highest BCUT2D eigenvalue weighted by Gasteiger charge is 2.27. The van der Waals surface area contributed by atoms with E-state index in [1.54, 1.807) is 0 Å². The standard InChI is InChI=1S/C16H26N2O2/c1-4-9-19-15-8-6-7-14(16(15)17)18-10-12(3)20-11-13(18)5-2/h6-8,12-13H,4-5,9-11,17H2,1-3H3. The van der Waals surface area contributed by atoms with Crippen molar-refractivity contribution in [2.24, 2.45) is 0 Å². The number of hydrogen-bond donors (Lipinski definition) is 1. The Kier molecular flexibility index (Phi) is 5.12. The fourth-order valence-electron chi connectivity index (χ4n) is 2.60. The van der Waals surface area contributed by atoms with Crippen molar-refractivity contribution in [1.82, 2.24) is 0 Å². The second kappa shape index (κ2) is 6.84. The minimum absolute atomic E-state index is 0.234. The first-order valence-corrected chi connectivity index (χ1v) is 7.56. The summed E-state index contributed by atoms with van der Waals surface area (Å²) >= 11 is 0. The van der Waals surface area contributed by atoms with Crippen LogP contribution in [0, 0.1) is 0 Å². The smallest absolute Gasteiger partial charge is 0.144 e. The van der Waals surface area contributed by atoms with Crippen molar-refractivity contribution >= 4 is 11.4 Å². The molecule has 1 aliphatic heterocycles. The Labute approximate surface area is 121 Å². The summed E-state index contributed by atoms with van der Waals surface area (Å²) in [6.45, 7) is 8.72. The summed E-state index contributed by atoms with van der Waals surface area (Å²) in [4.78, 5) is 2.36. The van der Waals surface area contributed by atoms with Gasteiger partial charge in [0.25, 0.3) is 0 Å². The highest BCUT2D eigenvalue weighted by Crippen LogP contribution is 2.35. The van der Waals surface area contributed by atoms with E-state index in [0.29, 0.717) is 12.6 Å². The molecule has 1 aliphatic rings. The number of para-hydroxylation sites is 1. The van der Waals surface area contributed by atoms with Crippen LogP contribution >= 0.6 is 0 Å². The number of nitrogens with two attached hydrogens (primary N) is 1. The van der Waals surface area contributed by atoms with Gasteiger partial charge in [0.1, 0.15) is 5.75 Å². The molecule has 1 aromatic rings. The van der Waals surface area contributed by atoms with E-state index in [2.05, 4.69) is 31.7 Å². The molecule has 1 fully saturated rings. The van der Waals surface area contributed by atoms with Crippen molar-refractivity contribution < 1.29 is 9.47 Å². The third-order valence-electron chi connectivity index (χ3n) is 3.75. The average Bonchev–Trinajstić information content (AvgIpc) is 2.46. The number of anilines is 2. The second-order valence-electron chi connectivity index (χ2n) is 5.40. The van der Waals surface area contributed by atoms with Gasteiger partial charge in [-0.1, -0.05) is 19.9 Å². The van der Waals surface area contributed by atoms with Crippen LogP contribution in [0.25, 0.3) is 0 Å². The van der Waals surface area contributed by atoms with Crippen LogP contribution in [0.4, 0.5) is 11.4 Å². The van der Waals surface area contributed by atoms with Gasteiger partial charge in [-0.3, -0.25) is 0 Å². The molecule has 0 amide bonds. The van der Waals surface area contributed by atoms with Gasteiger partial charge in [0.15, 0.2) is 0 Å². The Morgan fingerprint density at radius 2 is 2.20 bits per heavy atom. The molecule has 0 aliphatic carbocycles. The highest BCUT2D eigenvalue weighted by molar-refractivity contribution is 5.74. The highest BCUT2D eigenvalue weighted by atomic mass is 16.5. The molecule has 20 heavy (non-hydrogen) atoms. The number of hydrogen-bond acceptors (Lipinski definition) is 4. The molecule has 1 saturated heterocycles. The van der Waals surface area contributed by atoms with E-state index in [4.69, 9.17) is 15.2 Å². The monoisotopic (exact) mass is 278 g/mol. The summed E-state index contributed by atoms with van der Waals surface area (Å²) in [6, 6.07) is 6.42. The molecule has 1 aromatic carbocycles. The van der Waals surface area contributed by atoms with E-state index >= 15 is 0 Å². The maximum absolute atomic E-state index is 6.31. The van der Waals surface area contributed by atoms with E-state index < -0.39 is 0 Å². The van der Waals surface area contributed by atoms with Crippen molar-refractivity contribution in [2.75, 3.05) is 30.4 Å². The quantitative estimate of drug-likeness (QED) is 0.841. The van der Waals surface area contributed by atoms with Crippen LogP contribution in [0.15, 0.2) is 18.2 Å². The molecule has 2 rings (SSSR count). The maximum atomic E-state index is 6.31. The summed E-state index contributed by atoms with van der Waals surface area (Å²) in [5.74, 6) is 0.790. The first kappa shape index (κ1) is 15.0. The summed E-state index contributed by atoms with van der Waals surface area (Å²) in [5.41, 5.74) is 8.12. The van der Waals surface area contributed by atoms with Gasteiger partial charge in [-0.25, -0.2) is 0 Å². The average molecular weight is 278 g/mol. The molecule has 112 valence electrons. The summed E-state index contributed by atoms with van der Waals surface area (Å²) in [7, 11) is 0. The molecule has 0 aromatic heterocycles. The van der Waals surface area contributed by atoms with E-state index in [-0.39, 0.29) is 6.10 Å². The lowest BCUT2D eigenvalue weighted by atomic mass is 10.1. The zero-order chi connectivity index (χ0) is 14.5. The van der Waals surface area contributed by atoms with Crippen molar-refractivity contribution in [3.63, 3.8) is 0 Å². The summed E-state index contributed by atoms with van der Waals surface area (Å²) in [5, 5.41) is 0. The number of ether oxygens (including phenoxy) is 2. The predicted molar refractivity (Wildman–Crippen MR) is 83.5 cm³/mol. The van der Waals surface area contributed by atoms with Crippen LogP contribution in [0.1, 0.15) is 33.6 Å². The lowest BCUT2D eigenvalue weighted by molar-refractivity contribution is 0.0300. The first-order valence-electron chi connectivity index (χ1n) is 7.56. The van der Waals surface area contributed by atoms with Crippen LogP contribution in [-0.4, -0.2) is 31.9 Å². The molecule has 0 radical (unpaired) electrons. The van der Waals surface area contributed by atoms with Gasteiger partial charge in [0.05, 0.1) is 36.7 Å². The molecular weight excluding hydrogens is 252 g/mol. The molecule has 0 spiro atoms. The third kappa shape index (κ3) is 3.18. The van der Waals surface area contributed by atoms with Gasteiger partial charge in [-0.05, 0) is 31.9 Å². The number of benzene rings is 1. The van der Waals surface area contributed by atoms with Crippen LogP contribution in [0.3, 0.4) is 0 Å². The second-order valence-corrected chi connectivity index (χ2v) is 5.40. The van der Waals surface area contributed by atoms with Gasteiger partial charge in [0, 0.05) is 6.54 Å². The Bertz CT molecular complexity index is 436. The van der Waals surface area contributed by atoms with Gasteiger partial charge < -0.3 is 20.1 Å². The molecule has 2 N–H and O–H groups in total. The number of nitrogen functional groups attached to an aromatic ring is 1. The Balaban J connectivity index is 2.25. The van der Waals surface area contributed by atoms with Crippen LogP contribution < -0.4 is 15.4 Å². The normalized spacial score (nSPS) is 22.9. The van der Waals surface area contributed by atoms with Gasteiger partial charge in [0.2, 0.25) is 0 Å². The van der Waals surface area contributed by atoms with Crippen molar-refractivity contribution in [2.45, 2.75) is 45.8 Å². The van der Waals surface area contributed by atoms with Crippen LogP contribution in [0.5, 0.6) is 5.75 Å². The van der Waals surface area contributed by atoms with Crippen molar-refractivity contribution in [3.8, 4) is 5.75 Å². The molecule has 0 saturated carbocycles. The topological polar surface area (TPSA) is 47.7 Å². The lowest BCUT2D eigenvalue weighted by Crippen LogP contribution is -2.48. The third-order valence-corrected chi connectivity index (χ3v) is 3.75.